The van der Waals surface area contributed by atoms with E-state index >= 15 is 0 Å². The van der Waals surface area contributed by atoms with Gasteiger partial charge in [0.2, 0.25) is 5.91 Å². The van der Waals surface area contributed by atoms with Gasteiger partial charge in [-0.25, -0.2) is 0 Å². The number of aryl methyl sites for hydroxylation is 2. The minimum absolute atomic E-state index is 0.0883. The summed E-state index contributed by atoms with van der Waals surface area (Å²) < 4.78 is 0. The highest BCUT2D eigenvalue weighted by Crippen LogP contribution is 2.14. The number of rotatable bonds is 5. The molecule has 2 rings (SSSR count). The van der Waals surface area contributed by atoms with Gasteiger partial charge in [-0.15, -0.1) is 0 Å². The Balaban J connectivity index is 1.83. The predicted octanol–water partition coefficient (Wildman–Crippen LogP) is 3.00. The third-order valence-electron chi connectivity index (χ3n) is 3.50. The normalized spacial score (nSPS) is 10.2. The second kappa shape index (κ2) is 7.79. The molecule has 5 heteroatoms. The van der Waals surface area contributed by atoms with Crippen molar-refractivity contribution in [3.05, 3.63) is 69.7 Å². The van der Waals surface area contributed by atoms with Crippen LogP contribution in [0, 0.1) is 13.8 Å². The van der Waals surface area contributed by atoms with Crippen molar-refractivity contribution < 1.29 is 9.59 Å². The summed E-state index contributed by atoms with van der Waals surface area (Å²) in [5.41, 5.74) is 3.73. The first kappa shape index (κ1) is 17.0. The van der Waals surface area contributed by atoms with Crippen LogP contribution in [0.3, 0.4) is 0 Å². The standard InChI is InChI=1S/C18H19ClN2O2/c1-12-7-8-14(13(2)9-12)10-20-17(22)11-21-18(23)15-5-3-4-6-16(15)19/h3-9H,10-11H2,1-2H3,(H,20,22)(H,21,23). The SMILES string of the molecule is Cc1ccc(CNC(=O)CNC(=O)c2ccccc2Cl)c(C)c1. The lowest BCUT2D eigenvalue weighted by atomic mass is 10.1. The van der Waals surface area contributed by atoms with Crippen molar-refractivity contribution in [2.45, 2.75) is 20.4 Å². The lowest BCUT2D eigenvalue weighted by Crippen LogP contribution is -2.36. The van der Waals surface area contributed by atoms with E-state index in [4.69, 9.17) is 11.6 Å². The molecule has 0 radical (unpaired) electrons. The van der Waals surface area contributed by atoms with Crippen molar-refractivity contribution in [2.75, 3.05) is 6.54 Å². The van der Waals surface area contributed by atoms with E-state index in [1.165, 1.54) is 5.56 Å². The van der Waals surface area contributed by atoms with Crippen LogP contribution in [0.2, 0.25) is 5.02 Å². The maximum atomic E-state index is 12.0. The van der Waals surface area contributed by atoms with Crippen molar-refractivity contribution in [1.29, 1.82) is 0 Å². The Bertz CT molecular complexity index is 729. The zero-order valence-electron chi connectivity index (χ0n) is 13.2. The van der Waals surface area contributed by atoms with Crippen LogP contribution in [0.25, 0.3) is 0 Å². The number of hydrogen-bond donors (Lipinski definition) is 2. The number of carbonyl (C=O) groups is 2. The Morgan fingerprint density at radius 2 is 1.78 bits per heavy atom. The van der Waals surface area contributed by atoms with E-state index in [1.807, 2.05) is 26.0 Å². The average Bonchev–Trinajstić information content (AvgIpc) is 2.52. The summed E-state index contributed by atoms with van der Waals surface area (Å²) in [6, 6.07) is 12.8. The number of amides is 2. The first-order valence-electron chi connectivity index (χ1n) is 7.33. The fourth-order valence-corrected chi connectivity index (χ4v) is 2.42. The summed E-state index contributed by atoms with van der Waals surface area (Å²) in [5.74, 6) is -0.609. The van der Waals surface area contributed by atoms with Gasteiger partial charge in [0.15, 0.2) is 0 Å². The van der Waals surface area contributed by atoms with E-state index in [0.717, 1.165) is 11.1 Å². The highest BCUT2D eigenvalue weighted by Gasteiger charge is 2.11. The lowest BCUT2D eigenvalue weighted by molar-refractivity contribution is -0.120. The maximum Gasteiger partial charge on any atom is 0.253 e. The third kappa shape index (κ3) is 4.83. The van der Waals surface area contributed by atoms with Crippen LogP contribution in [0.15, 0.2) is 42.5 Å². The molecule has 0 aliphatic carbocycles. The molecular formula is C18H19ClN2O2. The van der Waals surface area contributed by atoms with Crippen molar-refractivity contribution >= 4 is 23.4 Å². The Kier molecular flexibility index (Phi) is 5.77. The molecule has 0 fully saturated rings. The van der Waals surface area contributed by atoms with Crippen LogP contribution < -0.4 is 10.6 Å². The minimum Gasteiger partial charge on any atom is -0.350 e. The molecule has 0 saturated carbocycles. The summed E-state index contributed by atoms with van der Waals surface area (Å²) in [6.07, 6.45) is 0. The molecule has 0 atom stereocenters. The van der Waals surface area contributed by atoms with Gasteiger partial charge in [-0.2, -0.15) is 0 Å². The monoisotopic (exact) mass is 330 g/mol. The average molecular weight is 331 g/mol. The molecule has 0 aliphatic heterocycles. The van der Waals surface area contributed by atoms with E-state index in [0.29, 0.717) is 17.1 Å². The quantitative estimate of drug-likeness (QED) is 0.885. The molecule has 0 bridgehead atoms. The van der Waals surface area contributed by atoms with Gasteiger partial charge in [0, 0.05) is 6.54 Å². The van der Waals surface area contributed by atoms with E-state index in [2.05, 4.69) is 16.7 Å². The minimum atomic E-state index is -0.364. The van der Waals surface area contributed by atoms with E-state index in [1.54, 1.807) is 24.3 Å². The molecule has 2 aromatic rings. The molecule has 0 aromatic heterocycles. The van der Waals surface area contributed by atoms with Gasteiger partial charge in [0.05, 0.1) is 17.1 Å². The summed E-state index contributed by atoms with van der Waals surface area (Å²) in [4.78, 5) is 23.8. The van der Waals surface area contributed by atoms with Gasteiger partial charge in [-0.1, -0.05) is 47.5 Å². The Labute approximate surface area is 140 Å². The molecule has 120 valence electrons. The molecule has 2 amide bonds. The number of hydrogen-bond acceptors (Lipinski definition) is 2. The third-order valence-corrected chi connectivity index (χ3v) is 3.83. The van der Waals surface area contributed by atoms with Crippen molar-refractivity contribution in [2.24, 2.45) is 0 Å². The Hall–Kier alpha value is -2.33. The van der Waals surface area contributed by atoms with E-state index < -0.39 is 0 Å². The predicted molar refractivity (Wildman–Crippen MR) is 91.5 cm³/mol. The van der Waals surface area contributed by atoms with Gasteiger partial charge in [0.25, 0.3) is 5.91 Å². The van der Waals surface area contributed by atoms with Crippen molar-refractivity contribution in [3.8, 4) is 0 Å². The van der Waals surface area contributed by atoms with Crippen LogP contribution in [0.5, 0.6) is 0 Å². The molecular weight excluding hydrogens is 312 g/mol. The van der Waals surface area contributed by atoms with Crippen molar-refractivity contribution in [1.82, 2.24) is 10.6 Å². The van der Waals surface area contributed by atoms with Crippen LogP contribution in [0.1, 0.15) is 27.0 Å². The number of nitrogens with one attached hydrogen (secondary N) is 2. The summed E-state index contributed by atoms with van der Waals surface area (Å²) in [7, 11) is 0. The van der Waals surface area contributed by atoms with Crippen molar-refractivity contribution in [3.63, 3.8) is 0 Å². The fourth-order valence-electron chi connectivity index (χ4n) is 2.20. The van der Waals surface area contributed by atoms with E-state index in [9.17, 15) is 9.59 Å². The van der Waals surface area contributed by atoms with E-state index in [-0.39, 0.29) is 18.4 Å². The second-order valence-corrected chi connectivity index (χ2v) is 5.78. The number of halogens is 1. The molecule has 2 aromatic carbocycles. The van der Waals surface area contributed by atoms with Crippen LogP contribution in [-0.4, -0.2) is 18.4 Å². The Morgan fingerprint density at radius 3 is 2.48 bits per heavy atom. The van der Waals surface area contributed by atoms with Crippen LogP contribution >= 0.6 is 11.6 Å². The maximum absolute atomic E-state index is 12.0. The van der Waals surface area contributed by atoms with Gasteiger partial charge in [0.1, 0.15) is 0 Å². The topological polar surface area (TPSA) is 58.2 Å². The lowest BCUT2D eigenvalue weighted by Gasteiger charge is -2.10. The molecule has 0 spiro atoms. The molecule has 0 saturated heterocycles. The van der Waals surface area contributed by atoms with Gasteiger partial charge < -0.3 is 10.6 Å². The zero-order chi connectivity index (χ0) is 16.8. The number of carbonyl (C=O) groups excluding carboxylic acids is 2. The molecule has 0 heterocycles. The molecule has 23 heavy (non-hydrogen) atoms. The van der Waals surface area contributed by atoms with Gasteiger partial charge >= 0.3 is 0 Å². The molecule has 2 N–H and O–H groups in total. The molecule has 0 aliphatic rings. The fraction of sp³-hybridized carbons (Fsp3) is 0.222. The van der Waals surface area contributed by atoms with Crippen LogP contribution in [-0.2, 0) is 11.3 Å². The summed E-state index contributed by atoms with van der Waals surface area (Å²) in [6.45, 7) is 4.38. The molecule has 0 unspecified atom stereocenters. The zero-order valence-corrected chi connectivity index (χ0v) is 13.9. The first-order valence-corrected chi connectivity index (χ1v) is 7.70. The second-order valence-electron chi connectivity index (χ2n) is 5.37. The van der Waals surface area contributed by atoms with Gasteiger partial charge in [-0.05, 0) is 37.1 Å². The Morgan fingerprint density at radius 1 is 1.04 bits per heavy atom. The highest BCUT2D eigenvalue weighted by molar-refractivity contribution is 6.33. The first-order chi connectivity index (χ1) is 11.0. The molecule has 4 nitrogen and oxygen atoms in total. The largest absolute Gasteiger partial charge is 0.350 e. The summed E-state index contributed by atoms with van der Waals surface area (Å²) >= 11 is 5.94. The van der Waals surface area contributed by atoms with Crippen LogP contribution in [0.4, 0.5) is 0 Å². The van der Waals surface area contributed by atoms with Gasteiger partial charge in [-0.3, -0.25) is 9.59 Å². The summed E-state index contributed by atoms with van der Waals surface area (Å²) in [5, 5.41) is 5.72. The number of benzene rings is 2. The highest BCUT2D eigenvalue weighted by atomic mass is 35.5. The smallest absolute Gasteiger partial charge is 0.253 e.